The summed E-state index contributed by atoms with van der Waals surface area (Å²) in [5.74, 6) is -0.785. The molecule has 1 heterocycles. The highest BCUT2D eigenvalue weighted by atomic mass is 16.5. The first kappa shape index (κ1) is 20.6. The lowest BCUT2D eigenvalue weighted by Gasteiger charge is -2.15. The molecule has 29 heavy (non-hydrogen) atoms. The Morgan fingerprint density at radius 3 is 2.41 bits per heavy atom. The molecule has 1 atom stereocenters. The molecule has 1 amide bonds. The van der Waals surface area contributed by atoms with E-state index >= 15 is 0 Å². The molecule has 0 saturated heterocycles. The third-order valence-electron chi connectivity index (χ3n) is 5.38. The Morgan fingerprint density at radius 1 is 1.00 bits per heavy atom. The van der Waals surface area contributed by atoms with Crippen molar-refractivity contribution in [1.82, 2.24) is 5.32 Å². The molecule has 0 unspecified atom stereocenters. The van der Waals surface area contributed by atoms with Crippen molar-refractivity contribution in [2.45, 2.75) is 47.1 Å². The molecule has 1 N–H and O–H groups in total. The van der Waals surface area contributed by atoms with Crippen molar-refractivity contribution in [3.05, 3.63) is 70.0 Å². The molecule has 0 aliphatic heterocycles. The van der Waals surface area contributed by atoms with Gasteiger partial charge in [0.1, 0.15) is 5.58 Å². The fraction of sp³-hybridized carbons (Fsp3) is 0.333. The molecule has 3 aromatic rings. The van der Waals surface area contributed by atoms with E-state index in [0.717, 1.165) is 33.2 Å². The average Bonchev–Trinajstić information content (AvgIpc) is 3.04. The van der Waals surface area contributed by atoms with Crippen LogP contribution in [-0.2, 0) is 20.7 Å². The van der Waals surface area contributed by atoms with Gasteiger partial charge in [-0.1, -0.05) is 18.2 Å². The van der Waals surface area contributed by atoms with E-state index in [1.807, 2.05) is 58.9 Å². The van der Waals surface area contributed by atoms with Crippen LogP contribution in [0.4, 0.5) is 0 Å². The molecule has 1 aromatic heterocycles. The molecule has 0 saturated carbocycles. The Hall–Kier alpha value is -3.08. The smallest absolute Gasteiger partial charge is 0.310 e. The van der Waals surface area contributed by atoms with Crippen molar-refractivity contribution in [2.24, 2.45) is 0 Å². The normalized spacial score (nSPS) is 12.0. The lowest BCUT2D eigenvalue weighted by atomic mass is 10.0. The first-order valence-corrected chi connectivity index (χ1v) is 9.74. The van der Waals surface area contributed by atoms with E-state index in [1.54, 1.807) is 6.26 Å². The highest BCUT2D eigenvalue weighted by Gasteiger charge is 2.15. The third-order valence-corrected chi connectivity index (χ3v) is 5.38. The zero-order chi connectivity index (χ0) is 21.1. The maximum absolute atomic E-state index is 12.2. The first-order valence-electron chi connectivity index (χ1n) is 9.74. The number of nitrogens with one attached hydrogen (secondary N) is 1. The van der Waals surface area contributed by atoms with Gasteiger partial charge in [0.25, 0.3) is 5.91 Å². The topological polar surface area (TPSA) is 68.5 Å². The van der Waals surface area contributed by atoms with Gasteiger partial charge in [0.2, 0.25) is 0 Å². The number of fused-ring (bicyclic) bond motifs is 1. The Bertz CT molecular complexity index is 1060. The Labute approximate surface area is 171 Å². The summed E-state index contributed by atoms with van der Waals surface area (Å²) in [5.41, 5.74) is 7.17. The van der Waals surface area contributed by atoms with Gasteiger partial charge in [-0.3, -0.25) is 9.59 Å². The van der Waals surface area contributed by atoms with E-state index in [2.05, 4.69) is 11.4 Å². The van der Waals surface area contributed by atoms with Crippen LogP contribution in [0, 0.1) is 27.7 Å². The lowest BCUT2D eigenvalue weighted by Crippen LogP contribution is -2.31. The predicted molar refractivity (Wildman–Crippen MR) is 113 cm³/mol. The summed E-state index contributed by atoms with van der Waals surface area (Å²) in [6.45, 7) is 9.73. The molecule has 5 nitrogen and oxygen atoms in total. The molecule has 2 aromatic carbocycles. The molecule has 0 aliphatic carbocycles. The molecule has 0 bridgehead atoms. The van der Waals surface area contributed by atoms with Crippen molar-refractivity contribution in [3.8, 4) is 0 Å². The summed E-state index contributed by atoms with van der Waals surface area (Å²) in [6.07, 6.45) is 1.64. The molecule has 3 rings (SSSR count). The van der Waals surface area contributed by atoms with Gasteiger partial charge >= 0.3 is 5.97 Å². The largest absolute Gasteiger partial charge is 0.464 e. The summed E-state index contributed by atoms with van der Waals surface area (Å²) in [4.78, 5) is 24.4. The van der Waals surface area contributed by atoms with E-state index in [1.165, 1.54) is 11.1 Å². The van der Waals surface area contributed by atoms with Crippen LogP contribution in [0.3, 0.4) is 0 Å². The quantitative estimate of drug-likeness (QED) is 0.620. The van der Waals surface area contributed by atoms with E-state index in [0.29, 0.717) is 0 Å². The number of carbonyl (C=O) groups is 2. The van der Waals surface area contributed by atoms with Crippen LogP contribution in [0.25, 0.3) is 11.0 Å². The van der Waals surface area contributed by atoms with Gasteiger partial charge in [-0.25, -0.2) is 0 Å². The SMILES string of the molecule is Cc1ccc([C@@H](C)NC(=O)COC(=O)Cc2coc3cc(C)c(C)cc23)cc1C. The number of hydrogen-bond donors (Lipinski definition) is 1. The zero-order valence-corrected chi connectivity index (χ0v) is 17.6. The average molecular weight is 393 g/mol. The van der Waals surface area contributed by atoms with Gasteiger partial charge in [-0.2, -0.15) is 0 Å². The fourth-order valence-electron chi connectivity index (χ4n) is 3.23. The minimum atomic E-state index is -0.458. The molecular formula is C24H27NO4. The number of hydrogen-bond acceptors (Lipinski definition) is 4. The van der Waals surface area contributed by atoms with Crippen LogP contribution in [0.1, 0.15) is 46.3 Å². The number of rotatable bonds is 6. The second-order valence-electron chi connectivity index (χ2n) is 7.66. The van der Waals surface area contributed by atoms with Crippen molar-refractivity contribution >= 4 is 22.8 Å². The number of aryl methyl sites for hydroxylation is 4. The number of esters is 1. The van der Waals surface area contributed by atoms with E-state index in [4.69, 9.17) is 9.15 Å². The van der Waals surface area contributed by atoms with Crippen LogP contribution in [0.15, 0.2) is 41.0 Å². The number of carbonyl (C=O) groups excluding carboxylic acids is 2. The highest BCUT2D eigenvalue weighted by molar-refractivity contribution is 5.87. The highest BCUT2D eigenvalue weighted by Crippen LogP contribution is 2.25. The van der Waals surface area contributed by atoms with Gasteiger partial charge in [-0.15, -0.1) is 0 Å². The van der Waals surface area contributed by atoms with Gasteiger partial charge in [0, 0.05) is 10.9 Å². The number of ether oxygens (including phenoxy) is 1. The van der Waals surface area contributed by atoms with Crippen LogP contribution < -0.4 is 5.32 Å². The van der Waals surface area contributed by atoms with Crippen molar-refractivity contribution in [1.29, 1.82) is 0 Å². The predicted octanol–water partition coefficient (Wildman–Crippen LogP) is 4.63. The summed E-state index contributed by atoms with van der Waals surface area (Å²) < 4.78 is 10.7. The van der Waals surface area contributed by atoms with Crippen molar-refractivity contribution < 1.29 is 18.7 Å². The second-order valence-corrected chi connectivity index (χ2v) is 7.66. The fourth-order valence-corrected chi connectivity index (χ4v) is 3.23. The maximum atomic E-state index is 12.2. The number of furan rings is 1. The van der Waals surface area contributed by atoms with E-state index < -0.39 is 5.97 Å². The molecular weight excluding hydrogens is 366 g/mol. The number of benzene rings is 2. The minimum Gasteiger partial charge on any atom is -0.464 e. The van der Waals surface area contributed by atoms with Gasteiger partial charge < -0.3 is 14.5 Å². The zero-order valence-electron chi connectivity index (χ0n) is 17.6. The summed E-state index contributed by atoms with van der Waals surface area (Å²) in [6, 6.07) is 9.89. The van der Waals surface area contributed by atoms with Gasteiger partial charge in [0.15, 0.2) is 6.61 Å². The molecule has 0 fully saturated rings. The minimum absolute atomic E-state index is 0.0650. The third kappa shape index (κ3) is 4.86. The van der Waals surface area contributed by atoms with E-state index in [-0.39, 0.29) is 25.0 Å². The molecule has 0 aliphatic rings. The molecule has 5 heteroatoms. The van der Waals surface area contributed by atoms with E-state index in [9.17, 15) is 9.59 Å². The summed E-state index contributed by atoms with van der Waals surface area (Å²) in [5, 5.41) is 3.77. The van der Waals surface area contributed by atoms with Crippen LogP contribution in [0.2, 0.25) is 0 Å². The maximum Gasteiger partial charge on any atom is 0.310 e. The standard InChI is InChI=1S/C24H27NO4/c1-14-6-7-19(8-15(14)2)18(5)25-23(26)13-29-24(27)11-20-12-28-22-10-17(4)16(3)9-21(20)22/h6-10,12,18H,11,13H2,1-5H3,(H,25,26)/t18-/m1/s1. The van der Waals surface area contributed by atoms with Gasteiger partial charge in [-0.05, 0) is 74.6 Å². The van der Waals surface area contributed by atoms with Crippen LogP contribution in [-0.4, -0.2) is 18.5 Å². The van der Waals surface area contributed by atoms with Crippen LogP contribution >= 0.6 is 0 Å². The van der Waals surface area contributed by atoms with Crippen molar-refractivity contribution in [2.75, 3.05) is 6.61 Å². The Kier molecular flexibility index (Phi) is 6.06. The second kappa shape index (κ2) is 8.52. The Balaban J connectivity index is 1.54. The monoisotopic (exact) mass is 393 g/mol. The summed E-state index contributed by atoms with van der Waals surface area (Å²) >= 11 is 0. The summed E-state index contributed by atoms with van der Waals surface area (Å²) in [7, 11) is 0. The number of amides is 1. The molecule has 152 valence electrons. The van der Waals surface area contributed by atoms with Gasteiger partial charge in [0.05, 0.1) is 18.7 Å². The van der Waals surface area contributed by atoms with Crippen LogP contribution in [0.5, 0.6) is 0 Å². The molecule has 0 radical (unpaired) electrons. The first-order chi connectivity index (χ1) is 13.7. The Morgan fingerprint density at radius 2 is 1.69 bits per heavy atom. The lowest BCUT2D eigenvalue weighted by molar-refractivity contribution is -0.148. The van der Waals surface area contributed by atoms with Crippen molar-refractivity contribution in [3.63, 3.8) is 0 Å². The molecule has 0 spiro atoms.